The van der Waals surface area contributed by atoms with E-state index in [2.05, 4.69) is 4.57 Å². The summed E-state index contributed by atoms with van der Waals surface area (Å²) in [6.07, 6.45) is 5.92. The molecule has 8 nitrogen and oxygen atoms in total. The topological polar surface area (TPSA) is 91.9 Å². The van der Waals surface area contributed by atoms with Crippen LogP contribution in [0.4, 0.5) is 0 Å². The summed E-state index contributed by atoms with van der Waals surface area (Å²) in [5.74, 6) is -0.753. The summed E-state index contributed by atoms with van der Waals surface area (Å²) in [5, 5.41) is 0.880. The number of hydrogen-bond acceptors (Lipinski definition) is 8. The van der Waals surface area contributed by atoms with Crippen LogP contribution >= 0.6 is 22.7 Å². The number of thiazole rings is 1. The summed E-state index contributed by atoms with van der Waals surface area (Å²) in [5.41, 5.74) is 7.15. The number of hydrogen-bond donors (Lipinski definition) is 0. The smallest absolute Gasteiger partial charge is 0.341 e. The summed E-state index contributed by atoms with van der Waals surface area (Å²) < 4.78 is 15.2. The van der Waals surface area contributed by atoms with Crippen molar-refractivity contribution >= 4 is 40.7 Å². The molecule has 0 bridgehead atoms. The lowest BCUT2D eigenvalue weighted by molar-refractivity contribution is -0.139. The van der Waals surface area contributed by atoms with Crippen molar-refractivity contribution in [2.75, 3.05) is 13.2 Å². The van der Waals surface area contributed by atoms with Crippen molar-refractivity contribution in [2.45, 2.75) is 73.3 Å². The largest absolute Gasteiger partial charge is 0.463 e. The Kier molecular flexibility index (Phi) is 8.54. The van der Waals surface area contributed by atoms with Gasteiger partial charge in [-0.2, -0.15) is 0 Å². The van der Waals surface area contributed by atoms with Crippen molar-refractivity contribution in [1.82, 2.24) is 9.13 Å². The van der Waals surface area contributed by atoms with Crippen molar-refractivity contribution in [1.29, 1.82) is 0 Å². The summed E-state index contributed by atoms with van der Waals surface area (Å²) in [4.78, 5) is 47.1. The maximum atomic E-state index is 14.2. The van der Waals surface area contributed by atoms with Crippen LogP contribution in [0.2, 0.25) is 0 Å². The van der Waals surface area contributed by atoms with Crippen LogP contribution in [0.15, 0.2) is 51.4 Å². The zero-order chi connectivity index (χ0) is 32.0. The second-order valence-electron chi connectivity index (χ2n) is 11.5. The van der Waals surface area contributed by atoms with Gasteiger partial charge in [-0.05, 0) is 96.1 Å². The first-order valence-corrected chi connectivity index (χ1v) is 17.0. The Bertz CT molecular complexity index is 2040. The van der Waals surface area contributed by atoms with Gasteiger partial charge in [-0.3, -0.25) is 9.36 Å². The van der Waals surface area contributed by atoms with Gasteiger partial charge in [-0.25, -0.2) is 14.6 Å². The minimum absolute atomic E-state index is 0.220. The molecule has 234 valence electrons. The first kappa shape index (κ1) is 31.0. The second-order valence-corrected chi connectivity index (χ2v) is 13.6. The first-order valence-electron chi connectivity index (χ1n) is 15.4. The number of thiophene rings is 1. The molecule has 0 N–H and O–H groups in total. The highest BCUT2D eigenvalue weighted by atomic mass is 32.1. The highest BCUT2D eigenvalue weighted by Gasteiger charge is 2.33. The van der Waals surface area contributed by atoms with E-state index < -0.39 is 12.0 Å². The van der Waals surface area contributed by atoms with Crippen LogP contribution in [0.3, 0.4) is 0 Å². The number of esters is 2. The number of aromatic nitrogens is 2. The molecule has 0 fully saturated rings. The maximum absolute atomic E-state index is 14.2. The van der Waals surface area contributed by atoms with Crippen LogP contribution in [-0.2, 0) is 27.1 Å². The van der Waals surface area contributed by atoms with Gasteiger partial charge in [-0.1, -0.05) is 41.2 Å². The van der Waals surface area contributed by atoms with Gasteiger partial charge < -0.3 is 14.0 Å². The van der Waals surface area contributed by atoms with Crippen molar-refractivity contribution in [3.63, 3.8) is 0 Å². The number of fused-ring (bicyclic) bond motifs is 2. The molecule has 4 heterocycles. The van der Waals surface area contributed by atoms with E-state index in [-0.39, 0.29) is 18.1 Å². The molecule has 4 aromatic rings. The molecular weight excluding hydrogens is 607 g/mol. The average molecular weight is 644 g/mol. The van der Waals surface area contributed by atoms with Gasteiger partial charge in [0.05, 0.1) is 40.6 Å². The van der Waals surface area contributed by atoms with E-state index in [4.69, 9.17) is 14.5 Å². The van der Waals surface area contributed by atoms with Gasteiger partial charge >= 0.3 is 11.9 Å². The standard InChI is InChI=1S/C35H37N3O5S2/c1-7-42-33(40)28-21(5)36-35-38(30(28)23-15-13-19(3)14-16-23)31(39)27(45-35)18-24-17-20(4)37(22(24)6)32-29(34(41)43-8-2)25-11-9-10-12-26(25)44-32/h13-18,30H,7-12H2,1-6H3/b27-18+/t30-/m1/s1. The molecule has 6 rings (SSSR count). The van der Waals surface area contributed by atoms with E-state index in [1.807, 2.05) is 64.1 Å². The van der Waals surface area contributed by atoms with Crippen LogP contribution in [0, 0.1) is 20.8 Å². The average Bonchev–Trinajstić information content (AvgIpc) is 3.62. The summed E-state index contributed by atoms with van der Waals surface area (Å²) in [7, 11) is 0. The third-order valence-corrected chi connectivity index (χ3v) is 10.8. The van der Waals surface area contributed by atoms with Gasteiger partial charge in [-0.15, -0.1) is 11.3 Å². The molecule has 1 aliphatic heterocycles. The highest BCUT2D eigenvalue weighted by molar-refractivity contribution is 7.15. The number of benzene rings is 1. The molecule has 1 aliphatic carbocycles. The Morgan fingerprint density at radius 1 is 0.978 bits per heavy atom. The van der Waals surface area contributed by atoms with E-state index >= 15 is 0 Å². The lowest BCUT2D eigenvalue weighted by Gasteiger charge is -2.24. The number of carbonyl (C=O) groups is 2. The molecule has 0 saturated heterocycles. The van der Waals surface area contributed by atoms with E-state index in [0.29, 0.717) is 32.8 Å². The lowest BCUT2D eigenvalue weighted by atomic mass is 9.95. The Hall–Kier alpha value is -4.02. The van der Waals surface area contributed by atoms with Crippen LogP contribution < -0.4 is 14.9 Å². The molecule has 0 unspecified atom stereocenters. The molecule has 0 saturated carbocycles. The molecule has 10 heteroatoms. The van der Waals surface area contributed by atoms with E-state index in [1.165, 1.54) is 16.2 Å². The Balaban J connectivity index is 1.50. The molecule has 1 atom stereocenters. The maximum Gasteiger partial charge on any atom is 0.341 e. The molecule has 0 amide bonds. The third kappa shape index (κ3) is 5.44. The van der Waals surface area contributed by atoms with Gasteiger partial charge in [0.15, 0.2) is 4.80 Å². The van der Waals surface area contributed by atoms with Crippen molar-refractivity contribution in [2.24, 2.45) is 4.99 Å². The predicted molar refractivity (Wildman–Crippen MR) is 177 cm³/mol. The number of ether oxygens (including phenoxy) is 2. The zero-order valence-electron chi connectivity index (χ0n) is 26.5. The first-order chi connectivity index (χ1) is 21.6. The minimum atomic E-state index is -0.653. The molecular formula is C35H37N3O5S2. The number of rotatable bonds is 7. The molecule has 2 aliphatic rings. The summed E-state index contributed by atoms with van der Waals surface area (Å²) >= 11 is 2.98. The zero-order valence-corrected chi connectivity index (χ0v) is 28.1. The molecule has 0 spiro atoms. The van der Waals surface area contributed by atoms with Crippen molar-refractivity contribution in [3.05, 3.63) is 105 Å². The van der Waals surface area contributed by atoms with E-state index in [9.17, 15) is 14.4 Å². The molecule has 1 aromatic carbocycles. The third-order valence-electron chi connectivity index (χ3n) is 8.50. The number of carbonyl (C=O) groups excluding carboxylic acids is 2. The predicted octanol–water partition coefficient (Wildman–Crippen LogP) is 5.63. The van der Waals surface area contributed by atoms with Gasteiger partial charge in [0.25, 0.3) is 5.56 Å². The number of aryl methyl sites for hydroxylation is 3. The normalized spacial score (nSPS) is 16.3. The molecule has 45 heavy (non-hydrogen) atoms. The number of nitrogens with zero attached hydrogens (tertiary/aromatic N) is 3. The summed E-state index contributed by atoms with van der Waals surface area (Å²) in [6, 6.07) is 9.25. The van der Waals surface area contributed by atoms with Crippen molar-refractivity contribution in [3.8, 4) is 5.00 Å². The SMILES string of the molecule is CCOC(=O)C1=C(C)N=c2s/c(=C/c3cc(C)n(-c4sc5c(c4C(=O)OCC)CCCC5)c3C)c(=O)n2[C@@H]1c1ccc(C)cc1. The van der Waals surface area contributed by atoms with Crippen LogP contribution in [0.25, 0.3) is 11.1 Å². The van der Waals surface area contributed by atoms with Crippen LogP contribution in [0.5, 0.6) is 0 Å². The number of allylic oxidation sites excluding steroid dienone is 1. The van der Waals surface area contributed by atoms with Crippen LogP contribution in [0.1, 0.15) is 88.5 Å². The fraction of sp³-hybridized carbons (Fsp3) is 0.371. The Morgan fingerprint density at radius 3 is 2.38 bits per heavy atom. The van der Waals surface area contributed by atoms with E-state index in [1.54, 1.807) is 29.8 Å². The highest BCUT2D eigenvalue weighted by Crippen LogP contribution is 2.39. The fourth-order valence-electron chi connectivity index (χ4n) is 6.37. The monoisotopic (exact) mass is 643 g/mol. The van der Waals surface area contributed by atoms with Crippen LogP contribution in [-0.4, -0.2) is 34.3 Å². The van der Waals surface area contributed by atoms with Gasteiger partial charge in [0.2, 0.25) is 0 Å². The van der Waals surface area contributed by atoms with E-state index in [0.717, 1.165) is 64.3 Å². The lowest BCUT2D eigenvalue weighted by Crippen LogP contribution is -2.39. The molecule has 0 radical (unpaired) electrons. The Labute approximate surface area is 270 Å². The quantitative estimate of drug-likeness (QED) is 0.244. The minimum Gasteiger partial charge on any atom is -0.463 e. The summed E-state index contributed by atoms with van der Waals surface area (Å²) in [6.45, 7) is 12.0. The van der Waals surface area contributed by atoms with Gasteiger partial charge in [0.1, 0.15) is 5.00 Å². The second kappa shape index (κ2) is 12.4. The molecule has 3 aromatic heterocycles. The van der Waals surface area contributed by atoms with Gasteiger partial charge in [0, 0.05) is 16.3 Å². The fourth-order valence-corrected chi connectivity index (χ4v) is 8.89. The van der Waals surface area contributed by atoms with Crippen molar-refractivity contribution < 1.29 is 19.1 Å². The Morgan fingerprint density at radius 2 is 1.67 bits per heavy atom.